The first-order valence-electron chi connectivity index (χ1n) is 4.97. The lowest BCUT2D eigenvalue weighted by Crippen LogP contribution is -1.94. The van der Waals surface area contributed by atoms with Crippen LogP contribution in [-0.4, -0.2) is 4.92 Å². The molecule has 0 heterocycles. The van der Waals surface area contributed by atoms with Crippen molar-refractivity contribution in [3.05, 3.63) is 51.6 Å². The van der Waals surface area contributed by atoms with Crippen LogP contribution in [0.2, 0.25) is 0 Å². The number of para-hydroxylation sites is 1. The summed E-state index contributed by atoms with van der Waals surface area (Å²) in [7, 11) is 0. The van der Waals surface area contributed by atoms with Gasteiger partial charge in [-0.15, -0.1) is 0 Å². The highest BCUT2D eigenvalue weighted by molar-refractivity contribution is 5.39. The Labute approximate surface area is 89.6 Å². The number of aryl methyl sites for hydroxylation is 1. The van der Waals surface area contributed by atoms with Gasteiger partial charge in [0.25, 0.3) is 5.69 Å². The molecule has 1 aromatic rings. The molecule has 80 valence electrons. The van der Waals surface area contributed by atoms with Crippen molar-refractivity contribution >= 4 is 5.69 Å². The second kappa shape index (κ2) is 5.29. The highest BCUT2D eigenvalue weighted by atomic mass is 16.6. The van der Waals surface area contributed by atoms with Gasteiger partial charge >= 0.3 is 0 Å². The van der Waals surface area contributed by atoms with Crippen LogP contribution in [0.1, 0.15) is 25.8 Å². The van der Waals surface area contributed by atoms with Crippen molar-refractivity contribution in [1.29, 1.82) is 0 Å². The zero-order valence-corrected chi connectivity index (χ0v) is 9.06. The average molecular weight is 205 g/mol. The lowest BCUT2D eigenvalue weighted by atomic mass is 10.1. The van der Waals surface area contributed by atoms with E-state index in [2.05, 4.69) is 6.08 Å². The molecule has 1 aromatic carbocycles. The molecule has 0 aliphatic rings. The summed E-state index contributed by atoms with van der Waals surface area (Å²) in [4.78, 5) is 10.4. The zero-order valence-electron chi connectivity index (χ0n) is 9.06. The molecule has 0 fully saturated rings. The third-order valence-electron chi connectivity index (χ3n) is 2.15. The number of rotatable bonds is 4. The molecule has 3 nitrogen and oxygen atoms in total. The number of nitrogens with zero attached hydrogens (tertiary/aromatic N) is 1. The normalized spacial score (nSPS) is 9.73. The highest BCUT2D eigenvalue weighted by Crippen LogP contribution is 2.19. The van der Waals surface area contributed by atoms with E-state index >= 15 is 0 Å². The number of nitro groups is 1. The summed E-state index contributed by atoms with van der Waals surface area (Å²) in [5, 5.41) is 10.7. The predicted molar refractivity (Wildman–Crippen MR) is 60.8 cm³/mol. The first-order chi connectivity index (χ1) is 7.11. The molecule has 0 aromatic heterocycles. The van der Waals surface area contributed by atoms with Crippen molar-refractivity contribution in [3.8, 4) is 0 Å². The molecule has 3 heteroatoms. The topological polar surface area (TPSA) is 43.1 Å². The summed E-state index contributed by atoms with van der Waals surface area (Å²) in [5.74, 6) is 0. The predicted octanol–water partition coefficient (Wildman–Crippen LogP) is 3.49. The molecule has 0 aliphatic carbocycles. The molecule has 0 atom stereocenters. The summed E-state index contributed by atoms with van der Waals surface area (Å²) in [6, 6.07) is 6.90. The van der Waals surface area contributed by atoms with E-state index in [1.807, 2.05) is 26.0 Å². The van der Waals surface area contributed by atoms with Crippen LogP contribution in [0.4, 0.5) is 5.69 Å². The molecule has 0 spiro atoms. The fraction of sp³-hybridized carbons (Fsp3) is 0.333. The molecule has 0 radical (unpaired) electrons. The Morgan fingerprint density at radius 1 is 1.40 bits per heavy atom. The minimum atomic E-state index is -0.322. The second-order valence-electron chi connectivity index (χ2n) is 3.71. The van der Waals surface area contributed by atoms with Crippen LogP contribution < -0.4 is 0 Å². The van der Waals surface area contributed by atoms with E-state index < -0.39 is 0 Å². The summed E-state index contributed by atoms with van der Waals surface area (Å²) in [6.45, 7) is 4.05. The fourth-order valence-electron chi connectivity index (χ4n) is 1.42. The van der Waals surface area contributed by atoms with Crippen LogP contribution in [0.15, 0.2) is 35.9 Å². The number of benzene rings is 1. The summed E-state index contributed by atoms with van der Waals surface area (Å²) >= 11 is 0. The largest absolute Gasteiger partial charge is 0.272 e. The first-order valence-corrected chi connectivity index (χ1v) is 4.97. The summed E-state index contributed by atoms with van der Waals surface area (Å²) in [5.41, 5.74) is 2.27. The molecule has 0 amide bonds. The van der Waals surface area contributed by atoms with E-state index in [9.17, 15) is 10.1 Å². The van der Waals surface area contributed by atoms with E-state index in [1.165, 1.54) is 5.57 Å². The molecule has 0 bridgehead atoms. The van der Waals surface area contributed by atoms with Crippen molar-refractivity contribution in [3.63, 3.8) is 0 Å². The Morgan fingerprint density at radius 3 is 2.67 bits per heavy atom. The van der Waals surface area contributed by atoms with Gasteiger partial charge in [-0.25, -0.2) is 0 Å². The number of nitro benzene ring substituents is 1. The van der Waals surface area contributed by atoms with Crippen LogP contribution in [0, 0.1) is 10.1 Å². The van der Waals surface area contributed by atoms with E-state index in [4.69, 9.17) is 0 Å². The Balaban J connectivity index is 2.76. The van der Waals surface area contributed by atoms with Gasteiger partial charge in [-0.05, 0) is 26.7 Å². The van der Waals surface area contributed by atoms with Crippen molar-refractivity contribution in [1.82, 2.24) is 0 Å². The summed E-state index contributed by atoms with van der Waals surface area (Å²) in [6.07, 6.45) is 3.67. The second-order valence-corrected chi connectivity index (χ2v) is 3.71. The number of hydrogen-bond acceptors (Lipinski definition) is 2. The van der Waals surface area contributed by atoms with Crippen LogP contribution >= 0.6 is 0 Å². The van der Waals surface area contributed by atoms with E-state index in [1.54, 1.807) is 12.1 Å². The molecular formula is C12H15NO2. The van der Waals surface area contributed by atoms with E-state index in [0.717, 1.165) is 18.4 Å². The van der Waals surface area contributed by atoms with Gasteiger partial charge in [0.05, 0.1) is 4.92 Å². The minimum absolute atomic E-state index is 0.222. The van der Waals surface area contributed by atoms with Gasteiger partial charge < -0.3 is 0 Å². The standard InChI is InChI=1S/C12H15NO2/c1-10(2)6-5-8-11-7-3-4-9-12(11)13(14)15/h3-4,6-7,9H,5,8H2,1-2H3. The Bertz CT molecular complexity index is 379. The SMILES string of the molecule is CC(C)=CCCc1ccccc1[N+](=O)[O-]. The Hall–Kier alpha value is -1.64. The Kier molecular flexibility index (Phi) is 4.03. The monoisotopic (exact) mass is 205 g/mol. The van der Waals surface area contributed by atoms with Crippen LogP contribution in [0.3, 0.4) is 0 Å². The average Bonchev–Trinajstić information content (AvgIpc) is 2.17. The van der Waals surface area contributed by atoms with Crippen LogP contribution in [0.25, 0.3) is 0 Å². The lowest BCUT2D eigenvalue weighted by Gasteiger charge is -2.00. The third-order valence-corrected chi connectivity index (χ3v) is 2.15. The van der Waals surface area contributed by atoms with Crippen molar-refractivity contribution in [2.75, 3.05) is 0 Å². The van der Waals surface area contributed by atoms with Gasteiger partial charge in [0.2, 0.25) is 0 Å². The molecule has 1 rings (SSSR count). The van der Waals surface area contributed by atoms with E-state index in [-0.39, 0.29) is 10.6 Å². The maximum Gasteiger partial charge on any atom is 0.272 e. The number of allylic oxidation sites excluding steroid dienone is 2. The summed E-state index contributed by atoms with van der Waals surface area (Å²) < 4.78 is 0. The third kappa shape index (κ3) is 3.54. The first kappa shape index (κ1) is 11.4. The molecule has 15 heavy (non-hydrogen) atoms. The van der Waals surface area contributed by atoms with Crippen LogP contribution in [0.5, 0.6) is 0 Å². The van der Waals surface area contributed by atoms with Gasteiger partial charge in [0.15, 0.2) is 0 Å². The van der Waals surface area contributed by atoms with Gasteiger partial charge in [-0.3, -0.25) is 10.1 Å². The quantitative estimate of drug-likeness (QED) is 0.429. The maximum absolute atomic E-state index is 10.7. The van der Waals surface area contributed by atoms with Gasteiger partial charge in [-0.2, -0.15) is 0 Å². The minimum Gasteiger partial charge on any atom is -0.258 e. The van der Waals surface area contributed by atoms with Crippen molar-refractivity contribution in [2.45, 2.75) is 26.7 Å². The Morgan fingerprint density at radius 2 is 2.07 bits per heavy atom. The van der Waals surface area contributed by atoms with Crippen molar-refractivity contribution < 1.29 is 4.92 Å². The molecule has 0 N–H and O–H groups in total. The van der Waals surface area contributed by atoms with Gasteiger partial charge in [0, 0.05) is 11.6 Å². The van der Waals surface area contributed by atoms with E-state index in [0.29, 0.717) is 0 Å². The van der Waals surface area contributed by atoms with Gasteiger partial charge in [-0.1, -0.05) is 29.8 Å². The van der Waals surface area contributed by atoms with Crippen molar-refractivity contribution in [2.24, 2.45) is 0 Å². The van der Waals surface area contributed by atoms with Crippen LogP contribution in [-0.2, 0) is 6.42 Å². The molecule has 0 unspecified atom stereocenters. The molecule has 0 saturated heterocycles. The maximum atomic E-state index is 10.7. The zero-order chi connectivity index (χ0) is 11.3. The lowest BCUT2D eigenvalue weighted by molar-refractivity contribution is -0.385. The number of hydrogen-bond donors (Lipinski definition) is 0. The van der Waals surface area contributed by atoms with Gasteiger partial charge in [0.1, 0.15) is 0 Å². The molecule has 0 saturated carbocycles. The molecular weight excluding hydrogens is 190 g/mol. The fourth-order valence-corrected chi connectivity index (χ4v) is 1.42. The highest BCUT2D eigenvalue weighted by Gasteiger charge is 2.10. The molecule has 0 aliphatic heterocycles. The smallest absolute Gasteiger partial charge is 0.258 e.